The Hall–Kier alpha value is -2.69. The molecule has 2 rings (SSSR count). The molecular weight excluding hydrogens is 330 g/mol. The number of amides is 1. The van der Waals surface area contributed by atoms with Crippen LogP contribution in [0, 0.1) is 6.92 Å². The third kappa shape index (κ3) is 5.69. The van der Waals surface area contributed by atoms with Crippen molar-refractivity contribution in [1.29, 1.82) is 0 Å². The summed E-state index contributed by atoms with van der Waals surface area (Å²) in [5.41, 5.74) is 2.09. The third-order valence-electron chi connectivity index (χ3n) is 3.78. The maximum Gasteiger partial charge on any atom is 0.261 e. The molecule has 26 heavy (non-hydrogen) atoms. The lowest BCUT2D eigenvalue weighted by atomic mass is 10.2. The van der Waals surface area contributed by atoms with E-state index in [-0.39, 0.29) is 5.91 Å². The summed E-state index contributed by atoms with van der Waals surface area (Å²) in [6, 6.07) is 13.3. The van der Waals surface area contributed by atoms with Crippen molar-refractivity contribution >= 4 is 5.91 Å². The molecule has 0 saturated carbocycles. The van der Waals surface area contributed by atoms with Crippen LogP contribution in [0.25, 0.3) is 0 Å². The van der Waals surface area contributed by atoms with Crippen LogP contribution in [-0.4, -0.2) is 25.2 Å². The first kappa shape index (κ1) is 19.6. The lowest BCUT2D eigenvalue weighted by molar-refractivity contribution is -0.127. The summed E-state index contributed by atoms with van der Waals surface area (Å²) in [5.74, 6) is 1.90. The smallest absolute Gasteiger partial charge is 0.261 e. The van der Waals surface area contributed by atoms with Crippen molar-refractivity contribution in [3.05, 3.63) is 53.6 Å². The fraction of sp³-hybridized carbons (Fsp3) is 0.381. The zero-order valence-electron chi connectivity index (χ0n) is 15.9. The van der Waals surface area contributed by atoms with Crippen LogP contribution in [0.3, 0.4) is 0 Å². The van der Waals surface area contributed by atoms with Crippen LogP contribution in [0.4, 0.5) is 0 Å². The van der Waals surface area contributed by atoms with Crippen LogP contribution in [-0.2, 0) is 11.3 Å². The number of carbonyl (C=O) groups is 1. The number of benzene rings is 2. The van der Waals surface area contributed by atoms with Gasteiger partial charge in [0.05, 0.1) is 13.2 Å². The number of aryl methyl sites for hydroxylation is 1. The van der Waals surface area contributed by atoms with E-state index in [2.05, 4.69) is 5.32 Å². The second-order valence-corrected chi connectivity index (χ2v) is 5.94. The minimum absolute atomic E-state index is 0.169. The van der Waals surface area contributed by atoms with Gasteiger partial charge in [-0.1, -0.05) is 23.8 Å². The average Bonchev–Trinajstić information content (AvgIpc) is 2.63. The predicted octanol–water partition coefficient (Wildman–Crippen LogP) is 3.88. The molecular formula is C21H27NO4. The Morgan fingerprint density at radius 3 is 2.31 bits per heavy atom. The van der Waals surface area contributed by atoms with Crippen molar-refractivity contribution in [3.63, 3.8) is 0 Å². The highest BCUT2D eigenvalue weighted by molar-refractivity contribution is 5.80. The number of rotatable bonds is 9. The van der Waals surface area contributed by atoms with Gasteiger partial charge in [0.1, 0.15) is 5.75 Å². The van der Waals surface area contributed by atoms with Crippen molar-refractivity contribution in [3.8, 4) is 17.2 Å². The third-order valence-corrected chi connectivity index (χ3v) is 3.78. The molecule has 0 unspecified atom stereocenters. The number of ether oxygens (including phenoxy) is 3. The van der Waals surface area contributed by atoms with E-state index >= 15 is 0 Å². The van der Waals surface area contributed by atoms with Gasteiger partial charge < -0.3 is 19.5 Å². The zero-order chi connectivity index (χ0) is 18.9. The summed E-state index contributed by atoms with van der Waals surface area (Å²) < 4.78 is 16.8. The first-order valence-electron chi connectivity index (χ1n) is 8.93. The minimum atomic E-state index is -0.577. The molecule has 0 bridgehead atoms. The number of hydrogen-bond donors (Lipinski definition) is 1. The van der Waals surface area contributed by atoms with Crippen LogP contribution in [0.5, 0.6) is 17.2 Å². The molecule has 1 amide bonds. The average molecular weight is 357 g/mol. The Labute approximate surface area is 155 Å². The van der Waals surface area contributed by atoms with Crippen molar-refractivity contribution < 1.29 is 19.0 Å². The molecule has 0 heterocycles. The highest BCUT2D eigenvalue weighted by Gasteiger charge is 2.15. The molecule has 2 aromatic rings. The van der Waals surface area contributed by atoms with E-state index in [0.717, 1.165) is 11.1 Å². The normalized spacial score (nSPS) is 11.5. The molecule has 2 aromatic carbocycles. The molecule has 5 nitrogen and oxygen atoms in total. The molecule has 5 heteroatoms. The second kappa shape index (κ2) is 9.70. The summed E-state index contributed by atoms with van der Waals surface area (Å²) in [7, 11) is 0. The molecule has 0 fully saturated rings. The molecule has 0 radical (unpaired) electrons. The van der Waals surface area contributed by atoms with Gasteiger partial charge in [0.15, 0.2) is 17.6 Å². The fourth-order valence-corrected chi connectivity index (χ4v) is 2.41. The quantitative estimate of drug-likeness (QED) is 0.740. The van der Waals surface area contributed by atoms with Crippen molar-refractivity contribution in [2.75, 3.05) is 13.2 Å². The molecule has 0 saturated heterocycles. The summed E-state index contributed by atoms with van der Waals surface area (Å²) in [6.45, 7) is 9.12. The number of nitrogens with one attached hydrogen (secondary N) is 1. The van der Waals surface area contributed by atoms with Crippen molar-refractivity contribution in [1.82, 2.24) is 5.32 Å². The zero-order valence-corrected chi connectivity index (χ0v) is 15.9. The topological polar surface area (TPSA) is 56.8 Å². The predicted molar refractivity (Wildman–Crippen MR) is 102 cm³/mol. The number of carbonyl (C=O) groups excluding carboxylic acids is 1. The first-order chi connectivity index (χ1) is 12.5. The van der Waals surface area contributed by atoms with Gasteiger partial charge >= 0.3 is 0 Å². The van der Waals surface area contributed by atoms with E-state index in [1.54, 1.807) is 6.92 Å². The van der Waals surface area contributed by atoms with Gasteiger partial charge in [-0.2, -0.15) is 0 Å². The van der Waals surface area contributed by atoms with Crippen LogP contribution >= 0.6 is 0 Å². The van der Waals surface area contributed by atoms with E-state index in [0.29, 0.717) is 37.0 Å². The van der Waals surface area contributed by atoms with Crippen LogP contribution in [0.2, 0.25) is 0 Å². The largest absolute Gasteiger partial charge is 0.490 e. The maximum atomic E-state index is 12.3. The van der Waals surface area contributed by atoms with Crippen LogP contribution in [0.15, 0.2) is 42.5 Å². The summed E-state index contributed by atoms with van der Waals surface area (Å²) in [6.07, 6.45) is -0.577. The molecule has 0 spiro atoms. The SMILES string of the molecule is CCOc1ccc(CNC(=O)[C@@H](C)Oc2ccc(C)cc2)cc1OCC. The van der Waals surface area contributed by atoms with E-state index in [1.807, 2.05) is 63.2 Å². The Bertz CT molecular complexity index is 712. The first-order valence-corrected chi connectivity index (χ1v) is 8.93. The fourth-order valence-electron chi connectivity index (χ4n) is 2.41. The van der Waals surface area contributed by atoms with Gasteiger partial charge in [-0.25, -0.2) is 0 Å². The van der Waals surface area contributed by atoms with E-state index in [4.69, 9.17) is 14.2 Å². The van der Waals surface area contributed by atoms with E-state index in [9.17, 15) is 4.79 Å². The van der Waals surface area contributed by atoms with Gasteiger partial charge in [-0.05, 0) is 57.5 Å². The highest BCUT2D eigenvalue weighted by Crippen LogP contribution is 2.28. The Morgan fingerprint density at radius 1 is 1.00 bits per heavy atom. The van der Waals surface area contributed by atoms with Crippen LogP contribution < -0.4 is 19.5 Å². The van der Waals surface area contributed by atoms with Gasteiger partial charge in [-0.15, -0.1) is 0 Å². The molecule has 0 aliphatic rings. The Morgan fingerprint density at radius 2 is 1.65 bits per heavy atom. The summed E-state index contributed by atoms with van der Waals surface area (Å²) in [5, 5.41) is 2.89. The standard InChI is InChI=1S/C21H27NO4/c1-5-24-19-12-9-17(13-20(19)25-6-2)14-22-21(23)16(4)26-18-10-7-15(3)8-11-18/h7-13,16H,5-6,14H2,1-4H3,(H,22,23)/t16-/m1/s1. The van der Waals surface area contributed by atoms with Gasteiger partial charge in [-0.3, -0.25) is 4.79 Å². The summed E-state index contributed by atoms with van der Waals surface area (Å²) >= 11 is 0. The lowest BCUT2D eigenvalue weighted by Crippen LogP contribution is -2.35. The molecule has 1 N–H and O–H groups in total. The van der Waals surface area contributed by atoms with Gasteiger partial charge in [0, 0.05) is 6.54 Å². The van der Waals surface area contributed by atoms with Gasteiger partial charge in [0.2, 0.25) is 0 Å². The van der Waals surface area contributed by atoms with E-state index < -0.39 is 6.10 Å². The number of hydrogen-bond acceptors (Lipinski definition) is 4. The maximum absolute atomic E-state index is 12.3. The Kier molecular flexibility index (Phi) is 7.33. The van der Waals surface area contributed by atoms with Crippen LogP contribution in [0.1, 0.15) is 31.9 Å². The molecule has 0 aliphatic carbocycles. The molecule has 1 atom stereocenters. The van der Waals surface area contributed by atoms with E-state index in [1.165, 1.54) is 0 Å². The minimum Gasteiger partial charge on any atom is -0.490 e. The highest BCUT2D eigenvalue weighted by atomic mass is 16.5. The second-order valence-electron chi connectivity index (χ2n) is 5.94. The molecule has 140 valence electrons. The van der Waals surface area contributed by atoms with Crippen molar-refractivity contribution in [2.45, 2.75) is 40.3 Å². The molecule has 0 aliphatic heterocycles. The molecule has 0 aromatic heterocycles. The summed E-state index contributed by atoms with van der Waals surface area (Å²) in [4.78, 5) is 12.3. The van der Waals surface area contributed by atoms with Crippen molar-refractivity contribution in [2.24, 2.45) is 0 Å². The monoisotopic (exact) mass is 357 g/mol. The van der Waals surface area contributed by atoms with Gasteiger partial charge in [0.25, 0.3) is 5.91 Å². The lowest BCUT2D eigenvalue weighted by Gasteiger charge is -2.16. The Balaban J connectivity index is 1.93.